The first-order valence-corrected chi connectivity index (χ1v) is 7.69. The minimum absolute atomic E-state index is 0.146. The quantitative estimate of drug-likeness (QED) is 0.800. The maximum atomic E-state index is 8.67. The fourth-order valence-electron chi connectivity index (χ4n) is 1.20. The Morgan fingerprint density at radius 3 is 2.11 bits per heavy atom. The van der Waals surface area contributed by atoms with Crippen LogP contribution in [0.3, 0.4) is 0 Å². The van der Waals surface area contributed by atoms with Crippen LogP contribution in [-0.2, 0) is 13.0 Å². The Hall–Kier alpha value is -0.900. The average molecular weight is 271 g/mol. The highest BCUT2D eigenvalue weighted by Gasteiger charge is 1.98. The van der Waals surface area contributed by atoms with Crippen molar-refractivity contribution in [3.63, 3.8) is 0 Å². The molecule has 0 aromatic carbocycles. The molecule has 0 saturated heterocycles. The molecule has 1 heterocycles. The van der Waals surface area contributed by atoms with Gasteiger partial charge in [0.2, 0.25) is 0 Å². The van der Waals surface area contributed by atoms with E-state index in [-0.39, 0.29) is 6.61 Å². The summed E-state index contributed by atoms with van der Waals surface area (Å²) in [6, 6.07) is 0. The molecule has 4 heteroatoms. The second-order valence-electron chi connectivity index (χ2n) is 4.57. The average Bonchev–Trinajstić information content (AvgIpc) is 2.80. The van der Waals surface area contributed by atoms with Crippen LogP contribution in [0, 0.1) is 0 Å². The molecule has 0 fully saturated rings. The van der Waals surface area contributed by atoms with E-state index in [1.807, 2.05) is 10.9 Å². The molecule has 0 bridgehead atoms. The molecule has 0 saturated carbocycles. The van der Waals surface area contributed by atoms with Gasteiger partial charge in [-0.1, -0.05) is 65.5 Å². The van der Waals surface area contributed by atoms with Crippen molar-refractivity contribution in [2.75, 3.05) is 6.61 Å². The molecule has 114 valence electrons. The molecule has 0 aliphatic rings. The zero-order valence-electron chi connectivity index (χ0n) is 13.5. The number of aromatic nitrogens is 3. The smallest absolute Gasteiger partial charge is 0.0849 e. The SMILES string of the molecule is CCC.CCC.CCCCCn1cc(CCO)nn1. The lowest BCUT2D eigenvalue weighted by Crippen LogP contribution is -1.98. The van der Waals surface area contributed by atoms with Gasteiger partial charge in [0, 0.05) is 25.8 Å². The third-order valence-electron chi connectivity index (χ3n) is 1.94. The second kappa shape index (κ2) is 17.1. The molecule has 0 aliphatic carbocycles. The van der Waals surface area contributed by atoms with Crippen LogP contribution in [-0.4, -0.2) is 26.7 Å². The normalized spacial score (nSPS) is 9.16. The van der Waals surface area contributed by atoms with E-state index in [1.54, 1.807) is 0 Å². The Balaban J connectivity index is 0. The monoisotopic (exact) mass is 271 g/mol. The van der Waals surface area contributed by atoms with Crippen molar-refractivity contribution in [3.05, 3.63) is 11.9 Å². The molecule has 1 rings (SSSR count). The van der Waals surface area contributed by atoms with Crippen molar-refractivity contribution in [2.24, 2.45) is 0 Å². The molecule has 0 aliphatic heterocycles. The van der Waals surface area contributed by atoms with Gasteiger partial charge >= 0.3 is 0 Å². The summed E-state index contributed by atoms with van der Waals surface area (Å²) in [6.45, 7) is 11.8. The summed E-state index contributed by atoms with van der Waals surface area (Å²) in [5.74, 6) is 0. The van der Waals surface area contributed by atoms with E-state index in [2.05, 4.69) is 44.9 Å². The molecule has 4 nitrogen and oxygen atoms in total. The van der Waals surface area contributed by atoms with E-state index in [9.17, 15) is 0 Å². The minimum atomic E-state index is 0.146. The standard InChI is InChI=1S/C9H17N3O.2C3H8/c1-2-3-4-6-12-8-9(5-7-13)10-11-12;2*1-3-2/h8,13H,2-7H2,1H3;2*3H2,1-2H3. The summed E-state index contributed by atoms with van der Waals surface area (Å²) in [5, 5.41) is 16.6. The number of aryl methyl sites for hydroxylation is 1. The van der Waals surface area contributed by atoms with Crippen molar-refractivity contribution >= 4 is 0 Å². The maximum absolute atomic E-state index is 8.67. The van der Waals surface area contributed by atoms with E-state index in [0.717, 1.165) is 18.7 Å². The Morgan fingerprint density at radius 1 is 1.05 bits per heavy atom. The first-order valence-electron chi connectivity index (χ1n) is 7.69. The van der Waals surface area contributed by atoms with E-state index in [1.165, 1.54) is 25.7 Å². The fraction of sp³-hybridized carbons (Fsp3) is 0.867. The molecular weight excluding hydrogens is 238 g/mol. The van der Waals surface area contributed by atoms with Crippen LogP contribution in [0.15, 0.2) is 6.20 Å². The van der Waals surface area contributed by atoms with E-state index < -0.39 is 0 Å². The zero-order chi connectivity index (χ0) is 14.9. The predicted molar refractivity (Wildman–Crippen MR) is 82.3 cm³/mol. The Labute approximate surface area is 119 Å². The van der Waals surface area contributed by atoms with Crippen molar-refractivity contribution in [1.29, 1.82) is 0 Å². The molecule has 0 radical (unpaired) electrons. The summed E-state index contributed by atoms with van der Waals surface area (Å²) in [7, 11) is 0. The maximum Gasteiger partial charge on any atom is 0.0849 e. The third kappa shape index (κ3) is 15.0. The van der Waals surface area contributed by atoms with Gasteiger partial charge in [0.1, 0.15) is 0 Å². The summed E-state index contributed by atoms with van der Waals surface area (Å²) < 4.78 is 1.85. The molecule has 0 atom stereocenters. The molecule has 19 heavy (non-hydrogen) atoms. The number of aliphatic hydroxyl groups is 1. The highest BCUT2D eigenvalue weighted by atomic mass is 16.3. The van der Waals surface area contributed by atoms with Gasteiger partial charge in [-0.25, -0.2) is 0 Å². The summed E-state index contributed by atoms with van der Waals surface area (Å²) in [6.07, 6.45) is 8.62. The van der Waals surface area contributed by atoms with Gasteiger partial charge in [-0.15, -0.1) is 5.10 Å². The molecule has 0 unspecified atom stereocenters. The van der Waals surface area contributed by atoms with Gasteiger partial charge in [0.15, 0.2) is 0 Å². The number of unbranched alkanes of at least 4 members (excludes halogenated alkanes) is 2. The third-order valence-corrected chi connectivity index (χ3v) is 1.94. The zero-order valence-corrected chi connectivity index (χ0v) is 13.5. The minimum Gasteiger partial charge on any atom is -0.396 e. The summed E-state index contributed by atoms with van der Waals surface area (Å²) in [5.41, 5.74) is 0.874. The van der Waals surface area contributed by atoms with Crippen molar-refractivity contribution in [2.45, 2.75) is 79.7 Å². The first-order chi connectivity index (χ1) is 9.19. The van der Waals surface area contributed by atoms with Crippen LogP contribution in [0.25, 0.3) is 0 Å². The van der Waals surface area contributed by atoms with Crippen molar-refractivity contribution in [1.82, 2.24) is 15.0 Å². The van der Waals surface area contributed by atoms with Crippen LogP contribution in [0.5, 0.6) is 0 Å². The molecule has 1 aromatic rings. The number of hydrogen-bond donors (Lipinski definition) is 1. The van der Waals surface area contributed by atoms with E-state index in [0.29, 0.717) is 6.42 Å². The number of hydrogen-bond acceptors (Lipinski definition) is 3. The van der Waals surface area contributed by atoms with Crippen LogP contribution in [0.2, 0.25) is 0 Å². The Kier molecular flexibility index (Phi) is 18.4. The molecule has 0 amide bonds. The predicted octanol–water partition coefficient (Wildman–Crippen LogP) is 3.84. The van der Waals surface area contributed by atoms with Crippen LogP contribution < -0.4 is 0 Å². The number of aliphatic hydroxyl groups excluding tert-OH is 1. The number of nitrogens with zero attached hydrogens (tertiary/aromatic N) is 3. The molecule has 1 N–H and O–H groups in total. The molecule has 1 aromatic heterocycles. The summed E-state index contributed by atoms with van der Waals surface area (Å²) in [4.78, 5) is 0. The summed E-state index contributed by atoms with van der Waals surface area (Å²) >= 11 is 0. The van der Waals surface area contributed by atoms with Crippen molar-refractivity contribution < 1.29 is 5.11 Å². The van der Waals surface area contributed by atoms with Gasteiger partial charge in [-0.3, -0.25) is 4.68 Å². The second-order valence-corrected chi connectivity index (χ2v) is 4.57. The molecular formula is C15H33N3O. The fourth-order valence-corrected chi connectivity index (χ4v) is 1.20. The van der Waals surface area contributed by atoms with Gasteiger partial charge in [-0.2, -0.15) is 0 Å². The van der Waals surface area contributed by atoms with E-state index in [4.69, 9.17) is 5.11 Å². The molecule has 0 spiro atoms. The highest BCUT2D eigenvalue weighted by Crippen LogP contribution is 1.99. The van der Waals surface area contributed by atoms with Crippen LogP contribution in [0.4, 0.5) is 0 Å². The van der Waals surface area contributed by atoms with Crippen LogP contribution >= 0.6 is 0 Å². The van der Waals surface area contributed by atoms with Gasteiger partial charge in [0.25, 0.3) is 0 Å². The van der Waals surface area contributed by atoms with Crippen LogP contribution in [0.1, 0.15) is 72.4 Å². The first kappa shape index (κ1) is 20.4. The van der Waals surface area contributed by atoms with E-state index >= 15 is 0 Å². The highest BCUT2D eigenvalue weighted by molar-refractivity contribution is 4.91. The van der Waals surface area contributed by atoms with Crippen molar-refractivity contribution in [3.8, 4) is 0 Å². The lowest BCUT2D eigenvalue weighted by atomic mass is 10.2. The van der Waals surface area contributed by atoms with Gasteiger partial charge in [0.05, 0.1) is 5.69 Å². The lowest BCUT2D eigenvalue weighted by molar-refractivity contribution is 0.298. The lowest BCUT2D eigenvalue weighted by Gasteiger charge is -1.97. The largest absolute Gasteiger partial charge is 0.396 e. The van der Waals surface area contributed by atoms with Gasteiger partial charge < -0.3 is 5.11 Å². The number of rotatable bonds is 6. The van der Waals surface area contributed by atoms with Gasteiger partial charge in [-0.05, 0) is 6.42 Å². The Morgan fingerprint density at radius 2 is 1.63 bits per heavy atom. The topological polar surface area (TPSA) is 50.9 Å². The Bertz CT molecular complexity index is 260.